The van der Waals surface area contributed by atoms with Crippen LogP contribution in [0.5, 0.6) is 0 Å². The first kappa shape index (κ1) is 11.5. The van der Waals surface area contributed by atoms with Crippen molar-refractivity contribution in [1.82, 2.24) is 0 Å². The van der Waals surface area contributed by atoms with Gasteiger partial charge in [0, 0.05) is 18.3 Å². The summed E-state index contributed by atoms with van der Waals surface area (Å²) >= 11 is 0. The van der Waals surface area contributed by atoms with Crippen LogP contribution in [0.4, 0.5) is 0 Å². The lowest BCUT2D eigenvalue weighted by atomic mass is 10.1. The first-order valence-electron chi connectivity index (χ1n) is 5.37. The fraction of sp³-hybridized carbons (Fsp3) is 0.385. The Bertz CT molecular complexity index is 361. The van der Waals surface area contributed by atoms with Crippen molar-refractivity contribution in [2.24, 2.45) is 4.99 Å². The molecule has 1 rings (SSSR count). The standard InChI is InChI=1S/C13H16N2/c1-2-3-6-9-15-11-13-8-5-4-7-12(13)10-14/h4-5,7-8,11H,2-3,6,9H2,1H3. The van der Waals surface area contributed by atoms with Crippen molar-refractivity contribution in [2.45, 2.75) is 26.2 Å². The zero-order valence-corrected chi connectivity index (χ0v) is 9.11. The van der Waals surface area contributed by atoms with Crippen LogP contribution in [0.2, 0.25) is 0 Å². The summed E-state index contributed by atoms with van der Waals surface area (Å²) in [5.41, 5.74) is 1.60. The average molecular weight is 200 g/mol. The van der Waals surface area contributed by atoms with Crippen LogP contribution in [-0.2, 0) is 0 Å². The predicted octanol–water partition coefficient (Wildman–Crippen LogP) is 3.17. The maximum absolute atomic E-state index is 8.85. The highest BCUT2D eigenvalue weighted by molar-refractivity contribution is 5.83. The van der Waals surface area contributed by atoms with Crippen LogP contribution < -0.4 is 0 Å². The molecule has 0 aliphatic rings. The third-order valence-electron chi connectivity index (χ3n) is 2.20. The number of benzene rings is 1. The molecule has 0 aromatic heterocycles. The van der Waals surface area contributed by atoms with Gasteiger partial charge in [0.25, 0.3) is 0 Å². The van der Waals surface area contributed by atoms with Crippen molar-refractivity contribution < 1.29 is 0 Å². The SMILES string of the molecule is CCCCCN=Cc1ccccc1C#N. The maximum atomic E-state index is 8.85. The summed E-state index contributed by atoms with van der Waals surface area (Å²) < 4.78 is 0. The normalized spacial score (nSPS) is 10.4. The van der Waals surface area contributed by atoms with Crippen molar-refractivity contribution in [3.8, 4) is 6.07 Å². The minimum absolute atomic E-state index is 0.691. The largest absolute Gasteiger partial charge is 0.293 e. The number of unbranched alkanes of at least 4 members (excludes halogenated alkanes) is 2. The third-order valence-corrected chi connectivity index (χ3v) is 2.20. The van der Waals surface area contributed by atoms with Crippen LogP contribution in [0.3, 0.4) is 0 Å². The van der Waals surface area contributed by atoms with Gasteiger partial charge in [-0.15, -0.1) is 0 Å². The van der Waals surface area contributed by atoms with E-state index < -0.39 is 0 Å². The molecule has 0 bridgehead atoms. The Morgan fingerprint density at radius 2 is 2.13 bits per heavy atom. The minimum Gasteiger partial charge on any atom is -0.293 e. The Balaban J connectivity index is 2.53. The van der Waals surface area contributed by atoms with Crippen molar-refractivity contribution in [1.29, 1.82) is 5.26 Å². The van der Waals surface area contributed by atoms with Gasteiger partial charge in [0.15, 0.2) is 0 Å². The second-order valence-electron chi connectivity index (χ2n) is 3.44. The molecule has 0 fully saturated rings. The molecule has 2 nitrogen and oxygen atoms in total. The van der Waals surface area contributed by atoms with Gasteiger partial charge in [0.1, 0.15) is 0 Å². The summed E-state index contributed by atoms with van der Waals surface area (Å²) in [4.78, 5) is 4.31. The fourth-order valence-corrected chi connectivity index (χ4v) is 1.33. The third kappa shape index (κ3) is 3.95. The van der Waals surface area contributed by atoms with Crippen LogP contribution in [-0.4, -0.2) is 12.8 Å². The molecule has 15 heavy (non-hydrogen) atoms. The summed E-state index contributed by atoms with van der Waals surface area (Å²) in [7, 11) is 0. The molecule has 1 aromatic rings. The van der Waals surface area contributed by atoms with E-state index >= 15 is 0 Å². The van der Waals surface area contributed by atoms with Gasteiger partial charge in [-0.25, -0.2) is 0 Å². The Hall–Kier alpha value is -1.62. The Morgan fingerprint density at radius 1 is 1.33 bits per heavy atom. The molecule has 0 radical (unpaired) electrons. The molecule has 0 aliphatic heterocycles. The van der Waals surface area contributed by atoms with Crippen LogP contribution >= 0.6 is 0 Å². The summed E-state index contributed by atoms with van der Waals surface area (Å²) in [6, 6.07) is 9.68. The number of hydrogen-bond acceptors (Lipinski definition) is 2. The van der Waals surface area contributed by atoms with E-state index in [0.717, 1.165) is 18.5 Å². The molecule has 0 N–H and O–H groups in total. The summed E-state index contributed by atoms with van der Waals surface area (Å²) in [6.45, 7) is 3.03. The van der Waals surface area contributed by atoms with Gasteiger partial charge in [-0.05, 0) is 12.5 Å². The molecule has 0 aliphatic carbocycles. The monoisotopic (exact) mass is 200 g/mol. The molecule has 1 aromatic carbocycles. The van der Waals surface area contributed by atoms with Gasteiger partial charge < -0.3 is 0 Å². The van der Waals surface area contributed by atoms with E-state index in [-0.39, 0.29) is 0 Å². The van der Waals surface area contributed by atoms with Crippen LogP contribution in [0.25, 0.3) is 0 Å². The van der Waals surface area contributed by atoms with Crippen LogP contribution in [0.15, 0.2) is 29.3 Å². The smallest absolute Gasteiger partial charge is 0.0998 e. The molecular weight excluding hydrogens is 184 g/mol. The topological polar surface area (TPSA) is 36.1 Å². The average Bonchev–Trinajstić information content (AvgIpc) is 2.29. The van der Waals surface area contributed by atoms with Crippen LogP contribution in [0.1, 0.15) is 37.3 Å². The number of hydrogen-bond donors (Lipinski definition) is 0. The number of rotatable bonds is 5. The summed E-state index contributed by atoms with van der Waals surface area (Å²) in [5.74, 6) is 0. The van der Waals surface area contributed by atoms with Gasteiger partial charge >= 0.3 is 0 Å². The highest BCUT2D eigenvalue weighted by Gasteiger charge is 1.95. The van der Waals surface area contributed by atoms with Crippen molar-refractivity contribution in [3.05, 3.63) is 35.4 Å². The van der Waals surface area contributed by atoms with Crippen molar-refractivity contribution in [3.63, 3.8) is 0 Å². The summed E-state index contributed by atoms with van der Waals surface area (Å²) in [5, 5.41) is 8.85. The Kier molecular flexibility index (Phi) is 5.18. The zero-order chi connectivity index (χ0) is 10.9. The van der Waals surface area contributed by atoms with E-state index in [1.165, 1.54) is 12.8 Å². The second kappa shape index (κ2) is 6.78. The van der Waals surface area contributed by atoms with Gasteiger partial charge in [-0.3, -0.25) is 4.99 Å². The van der Waals surface area contributed by atoms with E-state index in [4.69, 9.17) is 5.26 Å². The molecule has 0 spiro atoms. The molecule has 0 atom stereocenters. The van der Waals surface area contributed by atoms with Crippen LogP contribution in [0, 0.1) is 11.3 Å². The first-order valence-corrected chi connectivity index (χ1v) is 5.37. The number of nitriles is 1. The van der Waals surface area contributed by atoms with Gasteiger partial charge in [-0.2, -0.15) is 5.26 Å². The predicted molar refractivity (Wildman–Crippen MR) is 63.1 cm³/mol. The lowest BCUT2D eigenvalue weighted by molar-refractivity contribution is 0.729. The first-order chi connectivity index (χ1) is 7.38. The van der Waals surface area contributed by atoms with Gasteiger partial charge in [0.05, 0.1) is 11.6 Å². The maximum Gasteiger partial charge on any atom is 0.0998 e. The molecule has 0 heterocycles. The quantitative estimate of drug-likeness (QED) is 0.531. The fourth-order valence-electron chi connectivity index (χ4n) is 1.33. The molecule has 0 saturated carbocycles. The molecular formula is C13H16N2. The molecule has 0 saturated heterocycles. The van der Waals surface area contributed by atoms with Gasteiger partial charge in [0.2, 0.25) is 0 Å². The Labute approximate surface area is 91.3 Å². The molecule has 0 unspecified atom stereocenters. The minimum atomic E-state index is 0.691. The molecule has 78 valence electrons. The van der Waals surface area contributed by atoms with E-state index in [1.54, 1.807) is 6.21 Å². The van der Waals surface area contributed by atoms with Crippen molar-refractivity contribution in [2.75, 3.05) is 6.54 Å². The van der Waals surface area contributed by atoms with E-state index in [2.05, 4.69) is 18.0 Å². The lowest BCUT2D eigenvalue weighted by Crippen LogP contribution is -1.89. The van der Waals surface area contributed by atoms with Crippen molar-refractivity contribution >= 4 is 6.21 Å². The highest BCUT2D eigenvalue weighted by atomic mass is 14.7. The van der Waals surface area contributed by atoms with E-state index in [1.807, 2.05) is 24.3 Å². The number of aliphatic imine (C=N–C) groups is 1. The van der Waals surface area contributed by atoms with Gasteiger partial charge in [-0.1, -0.05) is 38.0 Å². The summed E-state index contributed by atoms with van der Waals surface area (Å²) in [6.07, 6.45) is 5.36. The van der Waals surface area contributed by atoms with E-state index in [0.29, 0.717) is 5.56 Å². The molecule has 2 heteroatoms. The molecule has 0 amide bonds. The highest BCUT2D eigenvalue weighted by Crippen LogP contribution is 2.04. The van der Waals surface area contributed by atoms with E-state index in [9.17, 15) is 0 Å². The number of nitrogens with zero attached hydrogens (tertiary/aromatic N) is 2. The lowest BCUT2D eigenvalue weighted by Gasteiger charge is -1.96. The second-order valence-corrected chi connectivity index (χ2v) is 3.44. The Morgan fingerprint density at radius 3 is 2.87 bits per heavy atom. The zero-order valence-electron chi connectivity index (χ0n) is 9.11.